The molecule has 2 unspecified atom stereocenters. The molecule has 5 N–H and O–H groups in total. The van der Waals surface area contributed by atoms with Gasteiger partial charge in [-0.05, 0) is 41.5 Å². The highest BCUT2D eigenvalue weighted by Crippen LogP contribution is 2.29. The number of thiophene rings is 1. The van der Waals surface area contributed by atoms with Gasteiger partial charge in [-0.1, -0.05) is 19.1 Å². The highest BCUT2D eigenvalue weighted by Gasteiger charge is 2.21. The number of nitrogens with two attached hydrogens (primary N) is 2. The van der Waals surface area contributed by atoms with Crippen molar-refractivity contribution in [1.29, 1.82) is 0 Å². The molecule has 0 spiro atoms. The molecule has 2 atom stereocenters. The van der Waals surface area contributed by atoms with Crippen LogP contribution in [0.2, 0.25) is 0 Å². The van der Waals surface area contributed by atoms with Crippen LogP contribution in [0.5, 0.6) is 0 Å². The van der Waals surface area contributed by atoms with Gasteiger partial charge >= 0.3 is 0 Å². The summed E-state index contributed by atoms with van der Waals surface area (Å²) in [6.45, 7) is 1.88. The molecule has 2 heterocycles. The molecular weight excluding hydrogens is 346 g/mol. The molecule has 0 aliphatic rings. The molecular formula is C19H21N5OS. The van der Waals surface area contributed by atoms with E-state index in [1.807, 2.05) is 48.7 Å². The van der Waals surface area contributed by atoms with Crippen LogP contribution < -0.4 is 16.8 Å². The number of carbonyl (C=O) groups excluding carboxylic acids is 1. The minimum Gasteiger partial charge on any atom is -0.370 e. The lowest BCUT2D eigenvalue weighted by Crippen LogP contribution is -2.26. The second-order valence-corrected chi connectivity index (χ2v) is 7.13. The fourth-order valence-corrected chi connectivity index (χ4v) is 3.54. The summed E-state index contributed by atoms with van der Waals surface area (Å²) in [5.74, 6) is -0.289. The number of fused-ring (bicyclic) bond motifs is 1. The first-order valence-electron chi connectivity index (χ1n) is 8.29. The monoisotopic (exact) mass is 367 g/mol. The third-order valence-corrected chi connectivity index (χ3v) is 5.08. The number of rotatable bonds is 6. The lowest BCUT2D eigenvalue weighted by molar-refractivity contribution is -0.119. The van der Waals surface area contributed by atoms with Crippen molar-refractivity contribution < 1.29 is 4.79 Å². The van der Waals surface area contributed by atoms with Gasteiger partial charge in [-0.3, -0.25) is 9.78 Å². The van der Waals surface area contributed by atoms with Gasteiger partial charge in [0.25, 0.3) is 0 Å². The smallest absolute Gasteiger partial charge is 0.227 e. The van der Waals surface area contributed by atoms with Gasteiger partial charge in [0.15, 0.2) is 5.96 Å². The largest absolute Gasteiger partial charge is 0.370 e. The maximum atomic E-state index is 12.6. The number of benzene rings is 1. The van der Waals surface area contributed by atoms with Gasteiger partial charge in [-0.2, -0.15) is 0 Å². The fourth-order valence-electron chi connectivity index (χ4n) is 2.76. The van der Waals surface area contributed by atoms with E-state index in [1.165, 1.54) is 0 Å². The molecule has 1 aromatic carbocycles. The number of amides is 1. The van der Waals surface area contributed by atoms with Gasteiger partial charge in [0.05, 0.1) is 6.04 Å². The molecule has 0 aliphatic carbocycles. The third-order valence-electron chi connectivity index (χ3n) is 4.11. The maximum absolute atomic E-state index is 12.6. The van der Waals surface area contributed by atoms with E-state index in [2.05, 4.69) is 15.3 Å². The minimum atomic E-state index is -0.252. The predicted molar refractivity (Wildman–Crippen MR) is 107 cm³/mol. The van der Waals surface area contributed by atoms with E-state index in [1.54, 1.807) is 23.7 Å². The lowest BCUT2D eigenvalue weighted by atomic mass is 10.00. The topological polar surface area (TPSA) is 106 Å². The number of hydrogen-bond donors (Lipinski definition) is 3. The van der Waals surface area contributed by atoms with E-state index in [9.17, 15) is 4.79 Å². The van der Waals surface area contributed by atoms with Crippen LogP contribution in [-0.4, -0.2) is 16.9 Å². The number of nitrogens with zero attached hydrogens (tertiary/aromatic N) is 2. The van der Waals surface area contributed by atoms with Gasteiger partial charge in [0.2, 0.25) is 5.91 Å². The number of anilines is 1. The summed E-state index contributed by atoms with van der Waals surface area (Å²) < 4.78 is 0. The van der Waals surface area contributed by atoms with Crippen LogP contribution in [0.4, 0.5) is 5.69 Å². The first-order valence-corrected chi connectivity index (χ1v) is 9.17. The highest BCUT2D eigenvalue weighted by molar-refractivity contribution is 7.10. The van der Waals surface area contributed by atoms with Crippen molar-refractivity contribution in [2.45, 2.75) is 19.4 Å². The molecule has 1 amide bonds. The summed E-state index contributed by atoms with van der Waals surface area (Å²) in [5, 5.41) is 7.00. The number of aromatic nitrogens is 1. The van der Waals surface area contributed by atoms with Crippen molar-refractivity contribution in [1.82, 2.24) is 4.98 Å². The number of nitrogens with one attached hydrogen (secondary N) is 1. The normalized spacial score (nSPS) is 13.1. The van der Waals surface area contributed by atoms with Gasteiger partial charge in [0, 0.05) is 34.3 Å². The van der Waals surface area contributed by atoms with E-state index < -0.39 is 0 Å². The summed E-state index contributed by atoms with van der Waals surface area (Å²) in [7, 11) is 0. The SMILES string of the molecule is CC(CC(N=C(N)N)c1cccs1)C(=O)Nc1ccc2cnccc2c1. The van der Waals surface area contributed by atoms with Crippen molar-refractivity contribution in [3.05, 3.63) is 59.0 Å². The Morgan fingerprint density at radius 3 is 2.85 bits per heavy atom. The van der Waals surface area contributed by atoms with E-state index in [4.69, 9.17) is 11.5 Å². The Morgan fingerprint density at radius 2 is 2.12 bits per heavy atom. The second kappa shape index (κ2) is 7.97. The molecule has 134 valence electrons. The molecule has 0 saturated carbocycles. The summed E-state index contributed by atoms with van der Waals surface area (Å²) in [4.78, 5) is 22.0. The van der Waals surface area contributed by atoms with Crippen LogP contribution in [0, 0.1) is 5.92 Å². The quantitative estimate of drug-likeness (QED) is 0.459. The number of hydrogen-bond acceptors (Lipinski definition) is 4. The van der Waals surface area contributed by atoms with Crippen molar-refractivity contribution in [2.75, 3.05) is 5.32 Å². The number of carbonyl (C=O) groups is 1. The van der Waals surface area contributed by atoms with Gasteiger partial charge < -0.3 is 16.8 Å². The van der Waals surface area contributed by atoms with Crippen molar-refractivity contribution in [3.63, 3.8) is 0 Å². The van der Waals surface area contributed by atoms with Gasteiger partial charge in [-0.15, -0.1) is 11.3 Å². The highest BCUT2D eigenvalue weighted by atomic mass is 32.1. The van der Waals surface area contributed by atoms with Crippen molar-refractivity contribution >= 4 is 39.7 Å². The molecule has 2 aromatic heterocycles. The maximum Gasteiger partial charge on any atom is 0.227 e. The molecule has 0 aliphatic heterocycles. The summed E-state index contributed by atoms with van der Waals surface area (Å²) in [6, 6.07) is 11.4. The zero-order valence-corrected chi connectivity index (χ0v) is 15.2. The zero-order chi connectivity index (χ0) is 18.5. The summed E-state index contributed by atoms with van der Waals surface area (Å²) in [6.07, 6.45) is 4.06. The number of aliphatic imine (C=N–C) groups is 1. The molecule has 3 rings (SSSR count). The van der Waals surface area contributed by atoms with Crippen molar-refractivity contribution in [3.8, 4) is 0 Å². The first kappa shape index (κ1) is 17.9. The Bertz CT molecular complexity index is 919. The molecule has 0 fully saturated rings. The Labute approximate surface area is 156 Å². The molecule has 0 radical (unpaired) electrons. The average molecular weight is 367 g/mol. The standard InChI is InChI=1S/C19H21N5OS/c1-12(9-16(24-19(20)21)17-3-2-8-26-17)18(25)23-15-5-4-14-11-22-7-6-13(14)10-15/h2-8,10-12,16H,9H2,1H3,(H,23,25)(H4,20,21,24). The third kappa shape index (κ3) is 4.37. The molecule has 7 heteroatoms. The van der Waals surface area contributed by atoms with Crippen LogP contribution in [0.15, 0.2) is 59.2 Å². The molecule has 6 nitrogen and oxygen atoms in total. The van der Waals surface area contributed by atoms with Crippen LogP contribution in [0.3, 0.4) is 0 Å². The van der Waals surface area contributed by atoms with Crippen LogP contribution >= 0.6 is 11.3 Å². The summed E-state index contributed by atoms with van der Waals surface area (Å²) in [5.41, 5.74) is 11.9. The molecule has 26 heavy (non-hydrogen) atoms. The van der Waals surface area contributed by atoms with Crippen LogP contribution in [0.1, 0.15) is 24.3 Å². The second-order valence-electron chi connectivity index (χ2n) is 6.15. The predicted octanol–water partition coefficient (Wildman–Crippen LogP) is 3.28. The van der Waals surface area contributed by atoms with Crippen LogP contribution in [-0.2, 0) is 4.79 Å². The Balaban J connectivity index is 1.70. The van der Waals surface area contributed by atoms with Gasteiger partial charge in [0.1, 0.15) is 0 Å². The number of pyridine rings is 1. The first-order chi connectivity index (χ1) is 12.5. The average Bonchev–Trinajstić information content (AvgIpc) is 3.15. The zero-order valence-electron chi connectivity index (χ0n) is 14.4. The fraction of sp³-hybridized carbons (Fsp3) is 0.211. The van der Waals surface area contributed by atoms with Crippen LogP contribution in [0.25, 0.3) is 10.8 Å². The van der Waals surface area contributed by atoms with Crippen molar-refractivity contribution in [2.24, 2.45) is 22.4 Å². The van der Waals surface area contributed by atoms with Gasteiger partial charge in [-0.25, -0.2) is 4.99 Å². The van der Waals surface area contributed by atoms with E-state index in [0.29, 0.717) is 6.42 Å². The lowest BCUT2D eigenvalue weighted by Gasteiger charge is -2.17. The minimum absolute atomic E-state index is 0.0270. The summed E-state index contributed by atoms with van der Waals surface area (Å²) >= 11 is 1.58. The molecule has 0 bridgehead atoms. The van der Waals surface area contributed by atoms with E-state index >= 15 is 0 Å². The Hall–Kier alpha value is -2.93. The molecule has 3 aromatic rings. The number of guanidine groups is 1. The van der Waals surface area contributed by atoms with E-state index in [-0.39, 0.29) is 23.8 Å². The van der Waals surface area contributed by atoms with E-state index in [0.717, 1.165) is 21.3 Å². The molecule has 0 saturated heterocycles. The Kier molecular flexibility index (Phi) is 5.48. The Morgan fingerprint density at radius 1 is 1.27 bits per heavy atom.